The van der Waals surface area contributed by atoms with Crippen LogP contribution < -0.4 is 0 Å². The Morgan fingerprint density at radius 2 is 2.16 bits per heavy atom. The summed E-state index contributed by atoms with van der Waals surface area (Å²) in [4.78, 5) is 11.2. The predicted molar refractivity (Wildman–Crippen MR) is 77.7 cm³/mol. The standard InChI is InChI=1S/C17H26O2/c1-11-7-9-16(19-13(3)18)12(2)6-8-15-14(11)10-17(15,4)5/h6,14-16H,1,7-10H2,2-5H3/b12-6+/t14-,15-,16+/m0/s1. The van der Waals surface area contributed by atoms with Gasteiger partial charge in [-0.2, -0.15) is 0 Å². The average Bonchev–Trinajstić information content (AvgIpc) is 2.33. The molecule has 106 valence electrons. The molecule has 0 unspecified atom stereocenters. The number of allylic oxidation sites excluding steroid dienone is 2. The number of rotatable bonds is 1. The lowest BCUT2D eigenvalue weighted by Gasteiger charge is -2.52. The van der Waals surface area contributed by atoms with Gasteiger partial charge in [0, 0.05) is 6.92 Å². The van der Waals surface area contributed by atoms with Crippen LogP contribution in [-0.2, 0) is 9.53 Å². The van der Waals surface area contributed by atoms with Gasteiger partial charge in [-0.25, -0.2) is 0 Å². The van der Waals surface area contributed by atoms with Gasteiger partial charge in [0.25, 0.3) is 0 Å². The van der Waals surface area contributed by atoms with Crippen LogP contribution in [-0.4, -0.2) is 12.1 Å². The van der Waals surface area contributed by atoms with Crippen molar-refractivity contribution in [1.82, 2.24) is 0 Å². The fraction of sp³-hybridized carbons (Fsp3) is 0.706. The van der Waals surface area contributed by atoms with Crippen LogP contribution in [0.25, 0.3) is 0 Å². The molecule has 0 amide bonds. The van der Waals surface area contributed by atoms with E-state index in [0.717, 1.165) is 19.3 Å². The molecule has 0 spiro atoms. The van der Waals surface area contributed by atoms with Crippen LogP contribution in [0.1, 0.15) is 53.4 Å². The number of carbonyl (C=O) groups excluding carboxylic acids is 1. The zero-order valence-corrected chi connectivity index (χ0v) is 12.7. The lowest BCUT2D eigenvalue weighted by molar-refractivity contribution is -0.144. The molecule has 0 radical (unpaired) electrons. The molecule has 3 atom stereocenters. The molecule has 0 aromatic heterocycles. The van der Waals surface area contributed by atoms with E-state index in [1.165, 1.54) is 24.5 Å². The van der Waals surface area contributed by atoms with Gasteiger partial charge in [0.2, 0.25) is 0 Å². The van der Waals surface area contributed by atoms with Crippen molar-refractivity contribution >= 4 is 5.97 Å². The molecule has 0 saturated heterocycles. The highest BCUT2D eigenvalue weighted by molar-refractivity contribution is 5.66. The number of ether oxygens (including phenoxy) is 1. The minimum Gasteiger partial charge on any atom is -0.458 e. The van der Waals surface area contributed by atoms with Crippen molar-refractivity contribution in [3.63, 3.8) is 0 Å². The lowest BCUT2D eigenvalue weighted by Crippen LogP contribution is -2.44. The van der Waals surface area contributed by atoms with Gasteiger partial charge in [0.1, 0.15) is 6.10 Å². The van der Waals surface area contributed by atoms with Gasteiger partial charge in [0.15, 0.2) is 0 Å². The summed E-state index contributed by atoms with van der Waals surface area (Å²) in [5, 5.41) is 0. The van der Waals surface area contributed by atoms with Gasteiger partial charge in [-0.05, 0) is 55.4 Å². The highest BCUT2D eigenvalue weighted by atomic mass is 16.5. The molecule has 2 aliphatic carbocycles. The Morgan fingerprint density at radius 3 is 2.74 bits per heavy atom. The molecule has 0 aromatic carbocycles. The maximum absolute atomic E-state index is 11.2. The maximum atomic E-state index is 11.2. The molecule has 2 heteroatoms. The van der Waals surface area contributed by atoms with Crippen LogP contribution in [0.15, 0.2) is 23.8 Å². The Kier molecular flexibility index (Phi) is 3.89. The normalized spacial score (nSPS) is 36.7. The Morgan fingerprint density at radius 1 is 1.47 bits per heavy atom. The van der Waals surface area contributed by atoms with Crippen molar-refractivity contribution in [2.45, 2.75) is 59.5 Å². The molecule has 0 bridgehead atoms. The van der Waals surface area contributed by atoms with Crippen LogP contribution in [0, 0.1) is 17.3 Å². The van der Waals surface area contributed by atoms with Crippen LogP contribution in [0.3, 0.4) is 0 Å². The summed E-state index contributed by atoms with van der Waals surface area (Å²) in [6.45, 7) is 12.6. The second-order valence-electron chi connectivity index (χ2n) is 6.88. The van der Waals surface area contributed by atoms with Gasteiger partial charge in [0.05, 0.1) is 0 Å². The number of hydrogen-bond acceptors (Lipinski definition) is 2. The first-order chi connectivity index (χ1) is 8.81. The van der Waals surface area contributed by atoms with E-state index < -0.39 is 0 Å². The Hall–Kier alpha value is -1.05. The summed E-state index contributed by atoms with van der Waals surface area (Å²) in [5.74, 6) is 1.17. The third-order valence-electron chi connectivity index (χ3n) is 5.00. The lowest BCUT2D eigenvalue weighted by atomic mass is 9.52. The maximum Gasteiger partial charge on any atom is 0.303 e. The topological polar surface area (TPSA) is 26.3 Å². The van der Waals surface area contributed by atoms with Crippen molar-refractivity contribution in [1.29, 1.82) is 0 Å². The molecular formula is C17H26O2. The number of fused-ring (bicyclic) bond motifs is 1. The molecular weight excluding hydrogens is 236 g/mol. The van der Waals surface area contributed by atoms with Crippen LogP contribution in [0.2, 0.25) is 0 Å². The molecule has 2 aliphatic rings. The summed E-state index contributed by atoms with van der Waals surface area (Å²) in [6.07, 6.45) is 6.41. The zero-order chi connectivity index (χ0) is 14.2. The summed E-state index contributed by atoms with van der Waals surface area (Å²) in [7, 11) is 0. The van der Waals surface area contributed by atoms with Crippen molar-refractivity contribution in [3.8, 4) is 0 Å². The summed E-state index contributed by atoms with van der Waals surface area (Å²) in [6, 6.07) is 0. The molecule has 0 aliphatic heterocycles. The average molecular weight is 262 g/mol. The van der Waals surface area contributed by atoms with Crippen LogP contribution in [0.5, 0.6) is 0 Å². The van der Waals surface area contributed by atoms with Crippen molar-refractivity contribution in [2.24, 2.45) is 17.3 Å². The second kappa shape index (κ2) is 5.15. The molecule has 1 fully saturated rings. The van der Waals surface area contributed by atoms with Gasteiger partial charge in [-0.15, -0.1) is 0 Å². The number of hydrogen-bond donors (Lipinski definition) is 0. The van der Waals surface area contributed by atoms with E-state index in [4.69, 9.17) is 4.74 Å². The fourth-order valence-electron chi connectivity index (χ4n) is 3.68. The molecule has 19 heavy (non-hydrogen) atoms. The molecule has 1 saturated carbocycles. The highest BCUT2D eigenvalue weighted by Crippen LogP contribution is 2.56. The van der Waals surface area contributed by atoms with E-state index in [2.05, 4.69) is 33.4 Å². The summed E-state index contributed by atoms with van der Waals surface area (Å²) in [5.41, 5.74) is 2.97. The molecule has 2 nitrogen and oxygen atoms in total. The largest absolute Gasteiger partial charge is 0.458 e. The monoisotopic (exact) mass is 262 g/mol. The van der Waals surface area contributed by atoms with E-state index in [1.807, 2.05) is 0 Å². The quantitative estimate of drug-likeness (QED) is 0.521. The first-order valence-corrected chi connectivity index (χ1v) is 7.33. The van der Waals surface area contributed by atoms with Crippen LogP contribution >= 0.6 is 0 Å². The van der Waals surface area contributed by atoms with Crippen molar-refractivity contribution in [2.75, 3.05) is 0 Å². The Balaban J connectivity index is 2.16. The fourth-order valence-corrected chi connectivity index (χ4v) is 3.68. The summed E-state index contributed by atoms with van der Waals surface area (Å²) < 4.78 is 5.44. The number of esters is 1. The highest BCUT2D eigenvalue weighted by Gasteiger charge is 2.47. The molecule has 0 aromatic rings. The van der Waals surface area contributed by atoms with E-state index in [9.17, 15) is 4.79 Å². The van der Waals surface area contributed by atoms with Gasteiger partial charge >= 0.3 is 5.97 Å². The van der Waals surface area contributed by atoms with E-state index >= 15 is 0 Å². The minimum absolute atomic E-state index is 0.0603. The van der Waals surface area contributed by atoms with E-state index in [1.54, 1.807) is 0 Å². The first-order valence-electron chi connectivity index (χ1n) is 7.33. The first kappa shape index (κ1) is 14.4. The third-order valence-corrected chi connectivity index (χ3v) is 5.00. The predicted octanol–water partition coefficient (Wildman–Crippen LogP) is 4.27. The SMILES string of the molecule is C=C1CC[C@@H](OC(C)=O)/C(C)=C/C[C@H]2[C@H]1CC2(C)C. The third kappa shape index (κ3) is 2.93. The molecule has 0 heterocycles. The van der Waals surface area contributed by atoms with E-state index in [-0.39, 0.29) is 12.1 Å². The molecule has 2 rings (SSSR count). The second-order valence-corrected chi connectivity index (χ2v) is 6.88. The van der Waals surface area contributed by atoms with Gasteiger partial charge < -0.3 is 4.74 Å². The smallest absolute Gasteiger partial charge is 0.303 e. The Labute approximate surface area is 116 Å². The van der Waals surface area contributed by atoms with E-state index in [0.29, 0.717) is 17.3 Å². The van der Waals surface area contributed by atoms with Crippen LogP contribution in [0.4, 0.5) is 0 Å². The zero-order valence-electron chi connectivity index (χ0n) is 12.7. The van der Waals surface area contributed by atoms with Crippen molar-refractivity contribution < 1.29 is 9.53 Å². The van der Waals surface area contributed by atoms with Gasteiger partial charge in [-0.1, -0.05) is 32.1 Å². The summed E-state index contributed by atoms with van der Waals surface area (Å²) >= 11 is 0. The minimum atomic E-state index is -0.189. The Bertz CT molecular complexity index is 417. The van der Waals surface area contributed by atoms with Crippen molar-refractivity contribution in [3.05, 3.63) is 23.8 Å². The number of carbonyl (C=O) groups is 1. The van der Waals surface area contributed by atoms with Gasteiger partial charge in [-0.3, -0.25) is 4.79 Å². The molecule has 0 N–H and O–H groups in total.